The zero-order valence-electron chi connectivity index (χ0n) is 22.7. The molecular formula is C30H41N3O4. The second kappa shape index (κ2) is 13.0. The number of ether oxygens (including phenoxy) is 4. The highest BCUT2D eigenvalue weighted by atomic mass is 16.5. The molecule has 2 aromatic carbocycles. The second-order valence-electron chi connectivity index (χ2n) is 9.97. The third-order valence-electron chi connectivity index (χ3n) is 7.31. The molecule has 3 aromatic rings. The highest BCUT2D eigenvalue weighted by Crippen LogP contribution is 2.31. The van der Waals surface area contributed by atoms with E-state index >= 15 is 0 Å². The molecule has 0 bridgehead atoms. The van der Waals surface area contributed by atoms with Gasteiger partial charge in [-0.15, -0.1) is 0 Å². The maximum Gasteiger partial charge on any atom is 0.161 e. The Morgan fingerprint density at radius 3 is 2.51 bits per heavy atom. The van der Waals surface area contributed by atoms with Crippen LogP contribution in [0.5, 0.6) is 17.2 Å². The lowest BCUT2D eigenvalue weighted by atomic mass is 9.95. The molecule has 0 N–H and O–H groups in total. The summed E-state index contributed by atoms with van der Waals surface area (Å²) in [4.78, 5) is 6.76. The first kappa shape index (κ1) is 27.0. The third kappa shape index (κ3) is 7.49. The van der Waals surface area contributed by atoms with E-state index in [0.29, 0.717) is 13.2 Å². The Balaban J connectivity index is 1.28. The number of hydrogen-bond acceptors (Lipinski definition) is 6. The summed E-state index contributed by atoms with van der Waals surface area (Å²) >= 11 is 0. The van der Waals surface area contributed by atoms with Crippen LogP contribution in [0.25, 0.3) is 0 Å². The summed E-state index contributed by atoms with van der Waals surface area (Å²) in [6.45, 7) is 9.05. The first-order valence-electron chi connectivity index (χ1n) is 13.2. The van der Waals surface area contributed by atoms with E-state index in [4.69, 9.17) is 18.9 Å². The first-order chi connectivity index (χ1) is 18.0. The fraction of sp³-hybridized carbons (Fsp3) is 0.500. The zero-order valence-corrected chi connectivity index (χ0v) is 22.7. The van der Waals surface area contributed by atoms with Crippen LogP contribution in [0.2, 0.25) is 0 Å². The van der Waals surface area contributed by atoms with Crippen molar-refractivity contribution in [2.75, 3.05) is 40.5 Å². The van der Waals surface area contributed by atoms with Gasteiger partial charge in [0.05, 0.1) is 13.7 Å². The van der Waals surface area contributed by atoms with Crippen LogP contribution < -0.4 is 14.2 Å². The number of benzene rings is 2. The highest BCUT2D eigenvalue weighted by molar-refractivity contribution is 5.43. The number of imidazole rings is 1. The smallest absolute Gasteiger partial charge is 0.161 e. The Bertz CT molecular complexity index is 1110. The van der Waals surface area contributed by atoms with Crippen molar-refractivity contribution in [3.05, 3.63) is 71.8 Å². The third-order valence-corrected chi connectivity index (χ3v) is 7.31. The van der Waals surface area contributed by atoms with Crippen molar-refractivity contribution in [2.24, 2.45) is 0 Å². The van der Waals surface area contributed by atoms with E-state index in [0.717, 1.165) is 74.9 Å². The van der Waals surface area contributed by atoms with Crippen LogP contribution in [0.1, 0.15) is 42.6 Å². The first-order valence-corrected chi connectivity index (χ1v) is 13.2. The minimum atomic E-state index is -0.260. The van der Waals surface area contributed by atoms with E-state index in [1.54, 1.807) is 7.11 Å². The molecule has 0 saturated carbocycles. The molecule has 1 aliphatic rings. The Labute approximate surface area is 221 Å². The van der Waals surface area contributed by atoms with Gasteiger partial charge in [-0.2, -0.15) is 0 Å². The summed E-state index contributed by atoms with van der Waals surface area (Å²) in [5.41, 5.74) is 2.19. The Kier molecular flexibility index (Phi) is 9.47. The summed E-state index contributed by atoms with van der Waals surface area (Å²) in [6.07, 6.45) is 7.73. The molecule has 37 heavy (non-hydrogen) atoms. The van der Waals surface area contributed by atoms with Gasteiger partial charge in [0, 0.05) is 39.1 Å². The molecule has 2 heterocycles. The molecule has 7 heteroatoms. The van der Waals surface area contributed by atoms with Gasteiger partial charge >= 0.3 is 0 Å². The minimum absolute atomic E-state index is 0.260. The Morgan fingerprint density at radius 2 is 1.78 bits per heavy atom. The highest BCUT2D eigenvalue weighted by Gasteiger charge is 2.33. The van der Waals surface area contributed by atoms with Crippen LogP contribution in [-0.4, -0.2) is 60.6 Å². The Morgan fingerprint density at radius 1 is 0.946 bits per heavy atom. The van der Waals surface area contributed by atoms with Crippen LogP contribution in [0, 0.1) is 13.8 Å². The number of aromatic nitrogens is 2. The predicted octanol–water partition coefficient (Wildman–Crippen LogP) is 5.43. The molecule has 1 saturated heterocycles. The fourth-order valence-electron chi connectivity index (χ4n) is 4.88. The summed E-state index contributed by atoms with van der Waals surface area (Å²) in [7, 11) is 3.52. The van der Waals surface area contributed by atoms with E-state index < -0.39 is 0 Å². The molecule has 0 radical (unpaired) electrons. The molecule has 0 unspecified atom stereocenters. The average Bonchev–Trinajstić information content (AvgIpc) is 3.22. The lowest BCUT2D eigenvalue weighted by Crippen LogP contribution is -2.39. The quantitative estimate of drug-likeness (QED) is 0.305. The molecule has 1 atom stereocenters. The molecule has 0 amide bonds. The Hall–Kier alpha value is -3.03. The monoisotopic (exact) mass is 507 g/mol. The number of methoxy groups -OCH3 is 2. The number of rotatable bonds is 12. The number of aryl methyl sites for hydroxylation is 3. The number of nitrogens with zero attached hydrogens (tertiary/aromatic N) is 3. The number of likely N-dealkylation sites (tertiary alicyclic amines) is 1. The molecule has 0 aliphatic carbocycles. The normalized spacial score (nSPS) is 18.4. The largest absolute Gasteiger partial charge is 0.493 e. The van der Waals surface area contributed by atoms with E-state index in [1.165, 1.54) is 11.1 Å². The predicted molar refractivity (Wildman–Crippen MR) is 146 cm³/mol. The van der Waals surface area contributed by atoms with E-state index in [-0.39, 0.29) is 5.60 Å². The van der Waals surface area contributed by atoms with Gasteiger partial charge < -0.3 is 23.5 Å². The second-order valence-corrected chi connectivity index (χ2v) is 9.97. The minimum Gasteiger partial charge on any atom is -0.493 e. The topological polar surface area (TPSA) is 58.0 Å². The van der Waals surface area contributed by atoms with E-state index in [1.807, 2.05) is 44.6 Å². The zero-order chi connectivity index (χ0) is 26.1. The van der Waals surface area contributed by atoms with Crippen LogP contribution in [0.4, 0.5) is 0 Å². The van der Waals surface area contributed by atoms with Crippen LogP contribution in [0.3, 0.4) is 0 Å². The lowest BCUT2D eigenvalue weighted by molar-refractivity contribution is -0.0541. The van der Waals surface area contributed by atoms with Crippen molar-refractivity contribution in [1.82, 2.24) is 14.5 Å². The average molecular weight is 508 g/mol. The number of hydrogen-bond donors (Lipinski definition) is 0. The van der Waals surface area contributed by atoms with Crippen LogP contribution in [-0.2, 0) is 17.8 Å². The van der Waals surface area contributed by atoms with Crippen molar-refractivity contribution in [3.63, 3.8) is 0 Å². The van der Waals surface area contributed by atoms with Gasteiger partial charge in [0.1, 0.15) is 23.8 Å². The lowest BCUT2D eigenvalue weighted by Gasteiger charge is -2.31. The molecule has 1 fully saturated rings. The van der Waals surface area contributed by atoms with Gasteiger partial charge in [-0.25, -0.2) is 4.98 Å². The van der Waals surface area contributed by atoms with Gasteiger partial charge in [-0.05, 0) is 75.9 Å². The van der Waals surface area contributed by atoms with Gasteiger partial charge in [-0.1, -0.05) is 23.8 Å². The molecule has 200 valence electrons. The van der Waals surface area contributed by atoms with Gasteiger partial charge in [0.2, 0.25) is 0 Å². The van der Waals surface area contributed by atoms with Crippen molar-refractivity contribution in [3.8, 4) is 17.2 Å². The van der Waals surface area contributed by atoms with Gasteiger partial charge in [0.25, 0.3) is 0 Å². The maximum atomic E-state index is 6.14. The molecule has 1 aliphatic heterocycles. The van der Waals surface area contributed by atoms with E-state index in [9.17, 15) is 0 Å². The molecule has 0 spiro atoms. The molecular weight excluding hydrogens is 466 g/mol. The van der Waals surface area contributed by atoms with Crippen molar-refractivity contribution >= 4 is 0 Å². The molecule has 7 nitrogen and oxygen atoms in total. The fourth-order valence-corrected chi connectivity index (χ4v) is 4.88. The molecule has 1 aromatic heterocycles. The van der Waals surface area contributed by atoms with Gasteiger partial charge in [-0.3, -0.25) is 4.90 Å². The van der Waals surface area contributed by atoms with Gasteiger partial charge in [0.15, 0.2) is 11.5 Å². The summed E-state index contributed by atoms with van der Waals surface area (Å²) < 4.78 is 26.0. The van der Waals surface area contributed by atoms with Crippen molar-refractivity contribution in [2.45, 2.75) is 58.2 Å². The van der Waals surface area contributed by atoms with Crippen LogP contribution >= 0.6 is 0 Å². The van der Waals surface area contributed by atoms with E-state index in [2.05, 4.69) is 45.6 Å². The maximum absolute atomic E-state index is 6.14. The van der Waals surface area contributed by atoms with Crippen LogP contribution in [0.15, 0.2) is 54.9 Å². The summed E-state index contributed by atoms with van der Waals surface area (Å²) in [5.74, 6) is 3.49. The van der Waals surface area contributed by atoms with Crippen molar-refractivity contribution in [1.29, 1.82) is 0 Å². The summed E-state index contributed by atoms with van der Waals surface area (Å²) in [5, 5.41) is 0. The van der Waals surface area contributed by atoms with Crippen molar-refractivity contribution < 1.29 is 18.9 Å². The SMILES string of the molecule is COc1cc(CN2CCC[C@](COc3ccc(C)cc3)(OC)CC2)ccc1OCCCn1ccnc1C. The summed E-state index contributed by atoms with van der Waals surface area (Å²) in [6, 6.07) is 14.5. The standard InChI is InChI=1S/C30H41N3O4/c1-24-7-10-27(11-8-24)37-23-30(35-4)13-5-16-32(18-14-30)22-26-9-12-28(29(21-26)34-3)36-20-6-17-33-19-15-31-25(33)2/h7-12,15,19,21H,5-6,13-14,16-18,20,22-23H2,1-4H3/t30-/m0/s1. The molecule has 4 rings (SSSR count).